The number of hydrogen-bond donors (Lipinski definition) is 0. The quantitative estimate of drug-likeness (QED) is 0.312. The van der Waals surface area contributed by atoms with Crippen molar-refractivity contribution in [3.8, 4) is 12.3 Å². The van der Waals surface area contributed by atoms with Gasteiger partial charge in [-0.15, -0.1) is 6.42 Å². The molecule has 4 aromatic rings. The minimum atomic E-state index is -0.406. The molecule has 0 bridgehead atoms. The summed E-state index contributed by atoms with van der Waals surface area (Å²) < 4.78 is 0. The van der Waals surface area contributed by atoms with E-state index in [1.54, 1.807) is 0 Å². The summed E-state index contributed by atoms with van der Waals surface area (Å²) in [6.45, 7) is 0. The Morgan fingerprint density at radius 2 is 0.778 bits per heavy atom. The molecule has 0 aliphatic heterocycles. The van der Waals surface area contributed by atoms with Crippen molar-refractivity contribution in [2.75, 3.05) is 0 Å². The van der Waals surface area contributed by atoms with Gasteiger partial charge in [-0.1, -0.05) is 109 Å². The van der Waals surface area contributed by atoms with Crippen LogP contribution in [0.2, 0.25) is 0 Å². The van der Waals surface area contributed by atoms with Gasteiger partial charge in [-0.25, -0.2) is 0 Å². The molecule has 0 aliphatic carbocycles. The normalized spacial score (nSPS) is 10.9. The van der Waals surface area contributed by atoms with E-state index in [1.807, 2.05) is 12.1 Å². The maximum Gasteiger partial charge on any atom is 0.0701 e. The van der Waals surface area contributed by atoms with Crippen molar-refractivity contribution in [1.82, 2.24) is 0 Å². The van der Waals surface area contributed by atoms with Gasteiger partial charge in [0.25, 0.3) is 0 Å². The van der Waals surface area contributed by atoms with Crippen molar-refractivity contribution >= 4 is 0 Å². The monoisotopic (exact) mass is 344 g/mol. The van der Waals surface area contributed by atoms with Crippen LogP contribution >= 0.6 is 0 Å². The van der Waals surface area contributed by atoms with Crippen molar-refractivity contribution in [3.05, 3.63) is 143 Å². The highest BCUT2D eigenvalue weighted by molar-refractivity contribution is 5.60. The SMILES string of the molecule is C#Cc1ccc(C(c2ccccc2)(c2ccccc2)c2ccccc2)cc1. The Kier molecular flexibility index (Phi) is 4.60. The lowest BCUT2D eigenvalue weighted by Crippen LogP contribution is -2.30. The molecule has 0 atom stereocenters. The standard InChI is InChI=1S/C27H20/c1-2-22-18-20-26(21-19-22)27(23-12-6-3-7-13-23,24-14-8-4-9-15-24)25-16-10-5-11-17-25/h1,3-21H. The van der Waals surface area contributed by atoms with Crippen LogP contribution in [0, 0.1) is 12.3 Å². The summed E-state index contributed by atoms with van der Waals surface area (Å²) in [5, 5.41) is 0. The van der Waals surface area contributed by atoms with E-state index in [0.717, 1.165) is 5.56 Å². The van der Waals surface area contributed by atoms with Crippen molar-refractivity contribution < 1.29 is 0 Å². The van der Waals surface area contributed by atoms with Crippen molar-refractivity contribution in [2.24, 2.45) is 0 Å². The van der Waals surface area contributed by atoms with Gasteiger partial charge in [0.1, 0.15) is 0 Å². The molecule has 0 saturated carbocycles. The van der Waals surface area contributed by atoms with E-state index >= 15 is 0 Å². The molecular formula is C27H20. The zero-order valence-electron chi connectivity index (χ0n) is 15.0. The van der Waals surface area contributed by atoms with Gasteiger partial charge in [-0.2, -0.15) is 0 Å². The molecule has 0 aromatic heterocycles. The second-order valence-electron chi connectivity index (χ2n) is 6.57. The maximum atomic E-state index is 5.59. The molecular weight excluding hydrogens is 324 g/mol. The van der Waals surface area contributed by atoms with E-state index in [4.69, 9.17) is 6.42 Å². The Morgan fingerprint density at radius 3 is 1.11 bits per heavy atom. The van der Waals surface area contributed by atoms with Gasteiger partial charge < -0.3 is 0 Å². The van der Waals surface area contributed by atoms with Gasteiger partial charge in [0.15, 0.2) is 0 Å². The molecule has 27 heavy (non-hydrogen) atoms. The molecule has 0 amide bonds. The second-order valence-corrected chi connectivity index (χ2v) is 6.57. The average molecular weight is 344 g/mol. The largest absolute Gasteiger partial charge is 0.115 e. The van der Waals surface area contributed by atoms with Gasteiger partial charge >= 0.3 is 0 Å². The summed E-state index contributed by atoms with van der Waals surface area (Å²) >= 11 is 0. The molecule has 0 heteroatoms. The van der Waals surface area contributed by atoms with Crippen LogP contribution in [0.1, 0.15) is 27.8 Å². The highest BCUT2D eigenvalue weighted by atomic mass is 14.4. The summed E-state index contributed by atoms with van der Waals surface area (Å²) in [6.07, 6.45) is 5.59. The van der Waals surface area contributed by atoms with Gasteiger partial charge in [0.2, 0.25) is 0 Å². The van der Waals surface area contributed by atoms with Crippen LogP contribution in [0.25, 0.3) is 0 Å². The third kappa shape index (κ3) is 2.94. The van der Waals surface area contributed by atoms with Crippen LogP contribution in [0.5, 0.6) is 0 Å². The first-order chi connectivity index (χ1) is 13.4. The first kappa shape index (κ1) is 16.9. The Morgan fingerprint density at radius 1 is 0.444 bits per heavy atom. The van der Waals surface area contributed by atoms with Gasteiger partial charge in [0.05, 0.1) is 5.41 Å². The molecule has 0 radical (unpaired) electrons. The fraction of sp³-hybridized carbons (Fsp3) is 0.0370. The Labute approximate surface area is 161 Å². The third-order valence-electron chi connectivity index (χ3n) is 5.10. The zero-order chi connectivity index (χ0) is 18.5. The number of terminal acetylenes is 1. The Balaban J connectivity index is 2.11. The van der Waals surface area contributed by atoms with E-state index < -0.39 is 5.41 Å². The van der Waals surface area contributed by atoms with Gasteiger partial charge in [0, 0.05) is 5.56 Å². The highest BCUT2D eigenvalue weighted by Crippen LogP contribution is 2.44. The molecule has 128 valence electrons. The van der Waals surface area contributed by atoms with Crippen LogP contribution in [0.4, 0.5) is 0 Å². The smallest absolute Gasteiger partial charge is 0.0701 e. The fourth-order valence-corrected chi connectivity index (χ4v) is 3.88. The number of rotatable bonds is 4. The molecule has 0 N–H and O–H groups in total. The summed E-state index contributed by atoms with van der Waals surface area (Å²) in [7, 11) is 0. The van der Waals surface area contributed by atoms with Gasteiger partial charge in [-0.05, 0) is 34.4 Å². The number of hydrogen-bond acceptors (Lipinski definition) is 0. The van der Waals surface area contributed by atoms with Crippen molar-refractivity contribution in [2.45, 2.75) is 5.41 Å². The topological polar surface area (TPSA) is 0 Å². The molecule has 0 unspecified atom stereocenters. The highest BCUT2D eigenvalue weighted by Gasteiger charge is 2.37. The molecule has 0 spiro atoms. The van der Waals surface area contributed by atoms with Crippen molar-refractivity contribution in [1.29, 1.82) is 0 Å². The minimum absolute atomic E-state index is 0.406. The predicted molar refractivity (Wildman–Crippen MR) is 113 cm³/mol. The van der Waals surface area contributed by atoms with E-state index in [9.17, 15) is 0 Å². The summed E-state index contributed by atoms with van der Waals surface area (Å²) in [5.41, 5.74) is 5.38. The lowest BCUT2D eigenvalue weighted by atomic mass is 9.65. The van der Waals surface area contributed by atoms with Crippen LogP contribution < -0.4 is 0 Å². The molecule has 0 heterocycles. The van der Waals surface area contributed by atoms with E-state index in [2.05, 4.69) is 109 Å². The third-order valence-corrected chi connectivity index (χ3v) is 5.10. The van der Waals surface area contributed by atoms with E-state index in [1.165, 1.54) is 22.3 Å². The number of benzene rings is 4. The maximum absolute atomic E-state index is 5.59. The first-order valence-corrected chi connectivity index (χ1v) is 9.09. The Bertz CT molecular complexity index is 941. The predicted octanol–water partition coefficient (Wildman–Crippen LogP) is 6.05. The first-order valence-electron chi connectivity index (χ1n) is 9.09. The van der Waals surface area contributed by atoms with Crippen LogP contribution in [-0.4, -0.2) is 0 Å². The second kappa shape index (κ2) is 7.36. The minimum Gasteiger partial charge on any atom is -0.115 e. The molecule has 0 saturated heterocycles. The average Bonchev–Trinajstić information content (AvgIpc) is 2.77. The van der Waals surface area contributed by atoms with Crippen LogP contribution in [-0.2, 0) is 5.41 Å². The van der Waals surface area contributed by atoms with Gasteiger partial charge in [-0.3, -0.25) is 0 Å². The lowest BCUT2D eigenvalue weighted by molar-refractivity contribution is 0.745. The van der Waals surface area contributed by atoms with Crippen LogP contribution in [0.15, 0.2) is 115 Å². The molecule has 4 rings (SSSR count). The Hall–Kier alpha value is -3.56. The lowest BCUT2D eigenvalue weighted by Gasteiger charge is -2.36. The van der Waals surface area contributed by atoms with Crippen molar-refractivity contribution in [3.63, 3.8) is 0 Å². The molecule has 0 fully saturated rings. The zero-order valence-corrected chi connectivity index (χ0v) is 15.0. The summed E-state index contributed by atoms with van der Waals surface area (Å²) in [6, 6.07) is 40.4. The van der Waals surface area contributed by atoms with E-state index in [-0.39, 0.29) is 0 Å². The summed E-state index contributed by atoms with van der Waals surface area (Å²) in [5.74, 6) is 2.72. The molecule has 4 aromatic carbocycles. The van der Waals surface area contributed by atoms with E-state index in [0.29, 0.717) is 0 Å². The van der Waals surface area contributed by atoms with Crippen LogP contribution in [0.3, 0.4) is 0 Å². The summed E-state index contributed by atoms with van der Waals surface area (Å²) in [4.78, 5) is 0. The molecule has 0 nitrogen and oxygen atoms in total. The molecule has 0 aliphatic rings. The fourth-order valence-electron chi connectivity index (χ4n) is 3.88.